The van der Waals surface area contributed by atoms with E-state index in [0.717, 1.165) is 13.0 Å². The van der Waals surface area contributed by atoms with Crippen LogP contribution in [0.4, 0.5) is 5.82 Å². The van der Waals surface area contributed by atoms with E-state index >= 15 is 0 Å². The molecule has 0 aliphatic heterocycles. The molecule has 126 valence electrons. The maximum atomic E-state index is 12.0. The largest absolute Gasteiger partial charge is 0.360 e. The lowest BCUT2D eigenvalue weighted by Gasteiger charge is -2.20. The molecule has 0 fully saturated rings. The molecule has 0 saturated carbocycles. The molecule has 1 aromatic carbocycles. The molecule has 7 heteroatoms. The van der Waals surface area contributed by atoms with Gasteiger partial charge in [-0.3, -0.25) is 9.69 Å². The lowest BCUT2D eigenvalue weighted by molar-refractivity contribution is -0.117. The molecule has 3 N–H and O–H groups in total. The number of nitrogens with two attached hydrogens (primary N) is 1. The van der Waals surface area contributed by atoms with Crippen LogP contribution in [0.2, 0.25) is 0 Å². The summed E-state index contributed by atoms with van der Waals surface area (Å²) in [4.78, 5) is 14.1. The predicted molar refractivity (Wildman–Crippen MR) is 92.8 cm³/mol. The molecule has 1 aromatic heterocycles. The first kappa shape index (κ1) is 19.2. The second kappa shape index (κ2) is 9.99. The summed E-state index contributed by atoms with van der Waals surface area (Å²) >= 11 is 0. The molecule has 23 heavy (non-hydrogen) atoms. The SMILES string of the molecule is Cc1cc(NC(=O)CN(CCN)CCc2ccccc2)no1.Cl. The van der Waals surface area contributed by atoms with Gasteiger partial charge in [0.1, 0.15) is 5.76 Å². The summed E-state index contributed by atoms with van der Waals surface area (Å²) in [6, 6.07) is 11.9. The summed E-state index contributed by atoms with van der Waals surface area (Å²) in [7, 11) is 0. The summed E-state index contributed by atoms with van der Waals surface area (Å²) in [6.07, 6.45) is 0.886. The number of amides is 1. The standard InChI is InChI=1S/C16H22N4O2.ClH/c1-13-11-15(19-22-13)18-16(21)12-20(10-8-17)9-7-14-5-3-2-4-6-14;/h2-6,11H,7-10,12,17H2,1H3,(H,18,19,21);1H. The molecule has 0 bridgehead atoms. The van der Waals surface area contributed by atoms with Gasteiger partial charge in [0.2, 0.25) is 5.91 Å². The van der Waals surface area contributed by atoms with Gasteiger partial charge < -0.3 is 15.6 Å². The van der Waals surface area contributed by atoms with Crippen LogP contribution in [0.5, 0.6) is 0 Å². The predicted octanol–water partition coefficient (Wildman–Crippen LogP) is 1.85. The van der Waals surface area contributed by atoms with Crippen LogP contribution in [-0.4, -0.2) is 42.1 Å². The normalized spacial score (nSPS) is 10.4. The summed E-state index contributed by atoms with van der Waals surface area (Å²) in [5.41, 5.74) is 6.88. The molecule has 0 spiro atoms. The Hall–Kier alpha value is -1.89. The Balaban J connectivity index is 0.00000264. The Morgan fingerprint density at radius 1 is 1.30 bits per heavy atom. The van der Waals surface area contributed by atoms with Gasteiger partial charge in [0.25, 0.3) is 0 Å². The van der Waals surface area contributed by atoms with Gasteiger partial charge in [-0.1, -0.05) is 35.5 Å². The van der Waals surface area contributed by atoms with Gasteiger partial charge in [-0.2, -0.15) is 0 Å². The van der Waals surface area contributed by atoms with E-state index < -0.39 is 0 Å². The average molecular weight is 339 g/mol. The van der Waals surface area contributed by atoms with E-state index in [1.165, 1.54) is 5.56 Å². The quantitative estimate of drug-likeness (QED) is 0.767. The molecule has 2 aromatic rings. The van der Waals surface area contributed by atoms with E-state index in [4.69, 9.17) is 10.3 Å². The lowest BCUT2D eigenvalue weighted by Crippen LogP contribution is -2.38. The molecule has 0 radical (unpaired) electrons. The maximum absolute atomic E-state index is 12.0. The fourth-order valence-electron chi connectivity index (χ4n) is 2.20. The first-order valence-corrected chi connectivity index (χ1v) is 7.37. The number of anilines is 1. The number of aromatic nitrogens is 1. The fraction of sp³-hybridized carbons (Fsp3) is 0.375. The van der Waals surface area contributed by atoms with E-state index in [9.17, 15) is 4.79 Å². The molecule has 1 amide bonds. The summed E-state index contributed by atoms with van der Waals surface area (Å²) < 4.78 is 4.92. The Morgan fingerprint density at radius 2 is 2.04 bits per heavy atom. The molecular formula is C16H23ClN4O2. The van der Waals surface area contributed by atoms with Gasteiger partial charge in [0.15, 0.2) is 5.82 Å². The molecule has 0 atom stereocenters. The Kier molecular flexibility index (Phi) is 8.32. The van der Waals surface area contributed by atoms with Crippen LogP contribution in [0.1, 0.15) is 11.3 Å². The molecule has 0 unspecified atom stereocenters. The van der Waals surface area contributed by atoms with Crippen molar-refractivity contribution in [3.05, 3.63) is 47.7 Å². The number of rotatable bonds is 8. The zero-order chi connectivity index (χ0) is 15.8. The molecule has 6 nitrogen and oxygen atoms in total. The zero-order valence-corrected chi connectivity index (χ0v) is 14.0. The number of aryl methyl sites for hydroxylation is 1. The zero-order valence-electron chi connectivity index (χ0n) is 13.2. The second-order valence-electron chi connectivity index (χ2n) is 5.17. The van der Waals surface area contributed by atoms with Crippen molar-refractivity contribution in [2.75, 3.05) is 31.5 Å². The van der Waals surface area contributed by atoms with Crippen molar-refractivity contribution in [2.45, 2.75) is 13.3 Å². The maximum Gasteiger partial charge on any atom is 0.239 e. The monoisotopic (exact) mass is 338 g/mol. The Morgan fingerprint density at radius 3 is 2.65 bits per heavy atom. The van der Waals surface area contributed by atoms with Gasteiger partial charge in [-0.15, -0.1) is 12.4 Å². The smallest absolute Gasteiger partial charge is 0.239 e. The molecule has 0 aliphatic rings. The number of halogens is 1. The van der Waals surface area contributed by atoms with Crippen LogP contribution >= 0.6 is 12.4 Å². The van der Waals surface area contributed by atoms with Crippen molar-refractivity contribution in [1.82, 2.24) is 10.1 Å². The van der Waals surface area contributed by atoms with Crippen molar-refractivity contribution in [1.29, 1.82) is 0 Å². The van der Waals surface area contributed by atoms with Gasteiger partial charge >= 0.3 is 0 Å². The van der Waals surface area contributed by atoms with Crippen molar-refractivity contribution >= 4 is 24.1 Å². The molecule has 2 rings (SSSR count). The average Bonchev–Trinajstić information content (AvgIpc) is 2.91. The van der Waals surface area contributed by atoms with Crippen LogP contribution in [0, 0.1) is 6.92 Å². The van der Waals surface area contributed by atoms with Crippen molar-refractivity contribution in [3.8, 4) is 0 Å². The topological polar surface area (TPSA) is 84.4 Å². The van der Waals surface area contributed by atoms with Gasteiger partial charge in [0.05, 0.1) is 6.54 Å². The Bertz CT molecular complexity index is 589. The number of nitrogens with one attached hydrogen (secondary N) is 1. The summed E-state index contributed by atoms with van der Waals surface area (Å²) in [5.74, 6) is 0.992. The minimum absolute atomic E-state index is 0. The first-order chi connectivity index (χ1) is 10.7. The molecular weight excluding hydrogens is 316 g/mol. The highest BCUT2D eigenvalue weighted by Gasteiger charge is 2.12. The molecule has 0 aliphatic carbocycles. The second-order valence-corrected chi connectivity index (χ2v) is 5.17. The van der Waals surface area contributed by atoms with Gasteiger partial charge in [0, 0.05) is 25.7 Å². The highest BCUT2D eigenvalue weighted by molar-refractivity contribution is 5.91. The number of hydrogen-bond donors (Lipinski definition) is 2. The van der Waals surface area contributed by atoms with Crippen LogP contribution in [0.3, 0.4) is 0 Å². The number of hydrogen-bond acceptors (Lipinski definition) is 5. The third-order valence-corrected chi connectivity index (χ3v) is 3.27. The summed E-state index contributed by atoms with van der Waals surface area (Å²) in [6.45, 7) is 4.05. The number of carbonyl (C=O) groups is 1. The third kappa shape index (κ3) is 6.81. The van der Waals surface area contributed by atoms with E-state index in [0.29, 0.717) is 24.7 Å². The van der Waals surface area contributed by atoms with E-state index in [1.54, 1.807) is 13.0 Å². The lowest BCUT2D eigenvalue weighted by atomic mass is 10.1. The highest BCUT2D eigenvalue weighted by Crippen LogP contribution is 2.07. The summed E-state index contributed by atoms with van der Waals surface area (Å²) in [5, 5.41) is 6.48. The third-order valence-electron chi connectivity index (χ3n) is 3.27. The van der Waals surface area contributed by atoms with Gasteiger partial charge in [-0.05, 0) is 18.9 Å². The van der Waals surface area contributed by atoms with E-state index in [2.05, 4.69) is 22.6 Å². The van der Waals surface area contributed by atoms with Crippen LogP contribution < -0.4 is 11.1 Å². The van der Waals surface area contributed by atoms with Crippen LogP contribution in [-0.2, 0) is 11.2 Å². The van der Waals surface area contributed by atoms with E-state index in [-0.39, 0.29) is 24.9 Å². The number of carbonyl (C=O) groups excluding carboxylic acids is 1. The first-order valence-electron chi connectivity index (χ1n) is 7.37. The minimum Gasteiger partial charge on any atom is -0.360 e. The van der Waals surface area contributed by atoms with Crippen molar-refractivity contribution < 1.29 is 9.32 Å². The van der Waals surface area contributed by atoms with Crippen molar-refractivity contribution in [2.24, 2.45) is 5.73 Å². The van der Waals surface area contributed by atoms with E-state index in [1.807, 2.05) is 23.1 Å². The molecule has 1 heterocycles. The molecule has 0 saturated heterocycles. The number of benzene rings is 1. The highest BCUT2D eigenvalue weighted by atomic mass is 35.5. The fourth-order valence-corrected chi connectivity index (χ4v) is 2.20. The van der Waals surface area contributed by atoms with Gasteiger partial charge in [-0.25, -0.2) is 0 Å². The number of nitrogens with zero attached hydrogens (tertiary/aromatic N) is 2. The minimum atomic E-state index is -0.116. The van der Waals surface area contributed by atoms with Crippen LogP contribution in [0.15, 0.2) is 40.9 Å². The van der Waals surface area contributed by atoms with Crippen LogP contribution in [0.25, 0.3) is 0 Å². The van der Waals surface area contributed by atoms with Crippen molar-refractivity contribution in [3.63, 3.8) is 0 Å². The Labute approximate surface area is 142 Å².